The Bertz CT molecular complexity index is 527. The smallest absolute Gasteiger partial charge is 0.119 e. The summed E-state index contributed by atoms with van der Waals surface area (Å²) in [4.78, 5) is 2.23. The molecule has 0 N–H and O–H groups in total. The molecule has 2 aromatic rings. The van der Waals surface area contributed by atoms with Crippen molar-refractivity contribution in [3.8, 4) is 5.75 Å². The number of methoxy groups -OCH3 is 1. The van der Waals surface area contributed by atoms with Gasteiger partial charge in [0, 0.05) is 25.2 Å². The van der Waals surface area contributed by atoms with Crippen LogP contribution in [-0.4, -0.2) is 26.6 Å². The molecule has 0 heterocycles. The first-order valence-corrected chi connectivity index (χ1v) is 6.63. The average molecular weight is 264 g/mol. The molecule has 0 aromatic heterocycles. The Morgan fingerprint density at radius 1 is 1.11 bits per heavy atom. The van der Waals surface area contributed by atoms with Crippen molar-refractivity contribution in [1.82, 2.24) is 0 Å². The van der Waals surface area contributed by atoms with E-state index in [0.29, 0.717) is 5.88 Å². The van der Waals surface area contributed by atoms with Crippen molar-refractivity contribution in [3.05, 3.63) is 36.4 Å². The zero-order valence-electron chi connectivity index (χ0n) is 10.8. The van der Waals surface area contributed by atoms with E-state index in [9.17, 15) is 0 Å². The third-order valence-electron chi connectivity index (χ3n) is 3.10. The topological polar surface area (TPSA) is 12.5 Å². The third kappa shape index (κ3) is 2.88. The lowest BCUT2D eigenvalue weighted by atomic mass is 10.1. The van der Waals surface area contributed by atoms with E-state index in [4.69, 9.17) is 16.3 Å². The van der Waals surface area contributed by atoms with Gasteiger partial charge in [-0.15, -0.1) is 11.6 Å². The lowest BCUT2D eigenvalue weighted by molar-refractivity contribution is 0.415. The second kappa shape index (κ2) is 5.96. The number of anilines is 1. The molecule has 0 saturated carbocycles. The minimum Gasteiger partial charge on any atom is -0.497 e. The van der Waals surface area contributed by atoms with Gasteiger partial charge in [-0.3, -0.25) is 0 Å². The quantitative estimate of drug-likeness (QED) is 0.759. The second-order valence-corrected chi connectivity index (χ2v) is 4.74. The number of halogens is 1. The van der Waals surface area contributed by atoms with Gasteiger partial charge in [0.25, 0.3) is 0 Å². The van der Waals surface area contributed by atoms with Gasteiger partial charge in [0.2, 0.25) is 0 Å². The van der Waals surface area contributed by atoms with E-state index in [1.807, 2.05) is 6.07 Å². The fourth-order valence-electron chi connectivity index (χ4n) is 2.00. The molecular weight excluding hydrogens is 246 g/mol. The molecular formula is C15H18ClNO. The van der Waals surface area contributed by atoms with E-state index in [-0.39, 0.29) is 0 Å². The summed E-state index contributed by atoms with van der Waals surface area (Å²) >= 11 is 5.72. The van der Waals surface area contributed by atoms with Crippen molar-refractivity contribution < 1.29 is 4.74 Å². The van der Waals surface area contributed by atoms with Crippen molar-refractivity contribution in [2.45, 2.75) is 6.42 Å². The van der Waals surface area contributed by atoms with Crippen LogP contribution < -0.4 is 9.64 Å². The molecule has 0 aliphatic carbocycles. The van der Waals surface area contributed by atoms with Gasteiger partial charge in [-0.2, -0.15) is 0 Å². The maximum absolute atomic E-state index is 5.72. The SMILES string of the molecule is COc1ccc2cc(N(C)CCCCl)ccc2c1. The maximum atomic E-state index is 5.72. The van der Waals surface area contributed by atoms with Crippen LogP contribution in [0.25, 0.3) is 10.8 Å². The lowest BCUT2D eigenvalue weighted by Crippen LogP contribution is -2.18. The highest BCUT2D eigenvalue weighted by Crippen LogP contribution is 2.25. The highest BCUT2D eigenvalue weighted by atomic mass is 35.5. The summed E-state index contributed by atoms with van der Waals surface area (Å²) in [5.74, 6) is 1.60. The molecule has 0 aliphatic heterocycles. The Kier molecular flexibility index (Phi) is 4.32. The number of nitrogens with zero attached hydrogens (tertiary/aromatic N) is 1. The molecule has 0 saturated heterocycles. The minimum absolute atomic E-state index is 0.703. The van der Waals surface area contributed by atoms with Crippen molar-refractivity contribution >= 4 is 28.1 Å². The van der Waals surface area contributed by atoms with E-state index in [0.717, 1.165) is 18.7 Å². The van der Waals surface area contributed by atoms with Crippen LogP contribution in [-0.2, 0) is 0 Å². The number of hydrogen-bond donors (Lipinski definition) is 0. The fraction of sp³-hybridized carbons (Fsp3) is 0.333. The standard InChI is InChI=1S/C15H18ClNO/c1-17(9-3-8-16)14-6-4-13-11-15(18-2)7-5-12(13)10-14/h4-7,10-11H,3,8-9H2,1-2H3. The number of fused-ring (bicyclic) bond motifs is 1. The highest BCUT2D eigenvalue weighted by Gasteiger charge is 2.02. The molecule has 0 radical (unpaired) electrons. The van der Waals surface area contributed by atoms with E-state index in [2.05, 4.69) is 42.3 Å². The molecule has 2 nitrogen and oxygen atoms in total. The van der Waals surface area contributed by atoms with Crippen molar-refractivity contribution in [2.75, 3.05) is 31.5 Å². The summed E-state index contributed by atoms with van der Waals surface area (Å²) in [7, 11) is 3.78. The van der Waals surface area contributed by atoms with Crippen LogP contribution >= 0.6 is 11.6 Å². The molecule has 0 atom stereocenters. The Hall–Kier alpha value is -1.41. The summed E-state index contributed by atoms with van der Waals surface area (Å²) in [6.07, 6.45) is 0.999. The number of hydrogen-bond acceptors (Lipinski definition) is 2. The van der Waals surface area contributed by atoms with Crippen molar-refractivity contribution in [2.24, 2.45) is 0 Å². The van der Waals surface area contributed by atoms with Crippen molar-refractivity contribution in [3.63, 3.8) is 0 Å². The molecule has 0 aliphatic rings. The zero-order valence-corrected chi connectivity index (χ0v) is 11.6. The number of rotatable bonds is 5. The van der Waals surface area contributed by atoms with E-state index >= 15 is 0 Å². The molecule has 0 amide bonds. The van der Waals surface area contributed by atoms with Crippen LogP contribution in [0.5, 0.6) is 5.75 Å². The van der Waals surface area contributed by atoms with Gasteiger partial charge >= 0.3 is 0 Å². The molecule has 0 fully saturated rings. The monoisotopic (exact) mass is 263 g/mol. The molecule has 96 valence electrons. The molecule has 3 heteroatoms. The molecule has 18 heavy (non-hydrogen) atoms. The first-order valence-electron chi connectivity index (χ1n) is 6.09. The molecule has 0 spiro atoms. The van der Waals surface area contributed by atoms with Gasteiger partial charge in [-0.05, 0) is 41.5 Å². The van der Waals surface area contributed by atoms with E-state index in [1.165, 1.54) is 16.5 Å². The van der Waals surface area contributed by atoms with Crippen LogP contribution in [0.15, 0.2) is 36.4 Å². The molecule has 0 unspecified atom stereocenters. The molecule has 2 aromatic carbocycles. The van der Waals surface area contributed by atoms with Gasteiger partial charge in [-0.1, -0.05) is 12.1 Å². The number of benzene rings is 2. The molecule has 2 rings (SSSR count). The van der Waals surface area contributed by atoms with Crippen LogP contribution in [0.1, 0.15) is 6.42 Å². The maximum Gasteiger partial charge on any atom is 0.119 e. The normalized spacial score (nSPS) is 10.6. The molecule has 0 bridgehead atoms. The summed E-state index contributed by atoms with van der Waals surface area (Å²) in [6.45, 7) is 0.977. The van der Waals surface area contributed by atoms with Gasteiger partial charge in [0.05, 0.1) is 7.11 Å². The van der Waals surface area contributed by atoms with Crippen LogP contribution in [0.4, 0.5) is 5.69 Å². The highest BCUT2D eigenvalue weighted by molar-refractivity contribution is 6.17. The Balaban J connectivity index is 2.27. The number of ether oxygens (including phenoxy) is 1. The minimum atomic E-state index is 0.703. The Labute approximate surface area is 113 Å². The first kappa shape index (κ1) is 13.0. The zero-order chi connectivity index (χ0) is 13.0. The Morgan fingerprint density at radius 2 is 1.83 bits per heavy atom. The van der Waals surface area contributed by atoms with Gasteiger partial charge in [0.1, 0.15) is 5.75 Å². The summed E-state index contributed by atoms with van der Waals surface area (Å²) < 4.78 is 5.23. The fourth-order valence-corrected chi connectivity index (χ4v) is 2.12. The first-order chi connectivity index (χ1) is 8.74. The predicted octanol–water partition coefficient (Wildman–Crippen LogP) is 3.91. The largest absolute Gasteiger partial charge is 0.497 e. The number of alkyl halides is 1. The van der Waals surface area contributed by atoms with Crippen molar-refractivity contribution in [1.29, 1.82) is 0 Å². The van der Waals surface area contributed by atoms with Crippen LogP contribution in [0.3, 0.4) is 0 Å². The van der Waals surface area contributed by atoms with Gasteiger partial charge < -0.3 is 9.64 Å². The van der Waals surface area contributed by atoms with Crippen LogP contribution in [0, 0.1) is 0 Å². The Morgan fingerprint density at radius 3 is 2.56 bits per heavy atom. The average Bonchev–Trinajstić information content (AvgIpc) is 2.43. The summed E-state index contributed by atoms with van der Waals surface area (Å²) in [5, 5.41) is 2.43. The third-order valence-corrected chi connectivity index (χ3v) is 3.37. The van der Waals surface area contributed by atoms with E-state index < -0.39 is 0 Å². The van der Waals surface area contributed by atoms with Gasteiger partial charge in [0.15, 0.2) is 0 Å². The van der Waals surface area contributed by atoms with E-state index in [1.54, 1.807) is 7.11 Å². The summed E-state index contributed by atoms with van der Waals surface area (Å²) in [6, 6.07) is 12.6. The van der Waals surface area contributed by atoms with Crippen LogP contribution in [0.2, 0.25) is 0 Å². The van der Waals surface area contributed by atoms with Gasteiger partial charge in [-0.25, -0.2) is 0 Å². The summed E-state index contributed by atoms with van der Waals surface area (Å²) in [5.41, 5.74) is 1.22. The predicted molar refractivity (Wildman–Crippen MR) is 79.1 cm³/mol. The second-order valence-electron chi connectivity index (χ2n) is 4.36. The lowest BCUT2D eigenvalue weighted by Gasteiger charge is -2.19.